The van der Waals surface area contributed by atoms with Gasteiger partial charge in [-0.25, -0.2) is 8.42 Å². The third-order valence-corrected chi connectivity index (χ3v) is 8.35. The first-order valence-electron chi connectivity index (χ1n) is 14.1. The number of anilines is 1. The molecule has 0 aromatic heterocycles. The Morgan fingerprint density at radius 3 is 2.12 bits per heavy atom. The van der Waals surface area contributed by atoms with Gasteiger partial charge >= 0.3 is 0 Å². The lowest BCUT2D eigenvalue weighted by Crippen LogP contribution is -2.51. The van der Waals surface area contributed by atoms with Crippen molar-refractivity contribution in [1.29, 1.82) is 0 Å². The predicted molar refractivity (Wildman–Crippen MR) is 166 cm³/mol. The zero-order chi connectivity index (χ0) is 30.2. The van der Waals surface area contributed by atoms with Crippen molar-refractivity contribution in [2.45, 2.75) is 72.5 Å². The summed E-state index contributed by atoms with van der Waals surface area (Å²) in [4.78, 5) is 29.1. The highest BCUT2D eigenvalue weighted by atomic mass is 32.2. The maximum Gasteiger partial charge on any atom is 0.243 e. The maximum absolute atomic E-state index is 13.9. The molecular weight excluding hydrogens is 534 g/mol. The molecule has 0 fully saturated rings. The van der Waals surface area contributed by atoms with Crippen LogP contribution in [0.25, 0.3) is 0 Å². The van der Waals surface area contributed by atoms with Crippen LogP contribution in [0.4, 0.5) is 5.69 Å². The van der Waals surface area contributed by atoms with Crippen molar-refractivity contribution in [3.63, 3.8) is 0 Å². The summed E-state index contributed by atoms with van der Waals surface area (Å²) in [5.74, 6) is -0.405. The summed E-state index contributed by atoms with van der Waals surface area (Å²) in [6, 6.07) is 22.4. The molecule has 1 atom stereocenters. The van der Waals surface area contributed by atoms with Crippen molar-refractivity contribution >= 4 is 27.5 Å². The molecule has 0 bridgehead atoms. The summed E-state index contributed by atoms with van der Waals surface area (Å²) in [5.41, 5.74) is 5.49. The number of carbonyl (C=O) groups excluding carboxylic acids is 2. The first kappa shape index (κ1) is 31.9. The van der Waals surface area contributed by atoms with E-state index in [4.69, 9.17) is 0 Å². The third-order valence-electron chi connectivity index (χ3n) is 7.17. The lowest BCUT2D eigenvalue weighted by molar-refractivity contribution is -0.141. The summed E-state index contributed by atoms with van der Waals surface area (Å²) in [6.45, 7) is 10.1. The van der Waals surface area contributed by atoms with Crippen LogP contribution < -0.4 is 9.62 Å². The molecule has 0 aliphatic carbocycles. The van der Waals surface area contributed by atoms with Crippen molar-refractivity contribution in [2.75, 3.05) is 17.1 Å². The van der Waals surface area contributed by atoms with Gasteiger partial charge in [-0.05, 0) is 69.4 Å². The molecule has 0 spiro atoms. The lowest BCUT2D eigenvalue weighted by Gasteiger charge is -2.32. The van der Waals surface area contributed by atoms with E-state index in [2.05, 4.69) is 5.32 Å². The number of rotatable bonds is 13. The molecule has 220 valence electrons. The van der Waals surface area contributed by atoms with Crippen LogP contribution in [-0.4, -0.2) is 50.0 Å². The molecule has 0 saturated heterocycles. The van der Waals surface area contributed by atoms with Gasteiger partial charge < -0.3 is 10.2 Å². The topological polar surface area (TPSA) is 86.8 Å². The van der Waals surface area contributed by atoms with E-state index in [-0.39, 0.29) is 37.4 Å². The van der Waals surface area contributed by atoms with Gasteiger partial charge in [0, 0.05) is 32.0 Å². The van der Waals surface area contributed by atoms with E-state index in [0.29, 0.717) is 18.5 Å². The minimum atomic E-state index is -3.57. The summed E-state index contributed by atoms with van der Waals surface area (Å²) in [6.07, 6.45) is 1.97. The third kappa shape index (κ3) is 9.18. The largest absolute Gasteiger partial charge is 0.352 e. The number of sulfonamides is 1. The highest BCUT2D eigenvalue weighted by molar-refractivity contribution is 7.92. The summed E-state index contributed by atoms with van der Waals surface area (Å²) >= 11 is 0. The second-order valence-corrected chi connectivity index (χ2v) is 12.9. The average Bonchev–Trinajstić information content (AvgIpc) is 2.91. The van der Waals surface area contributed by atoms with Gasteiger partial charge in [0.2, 0.25) is 21.8 Å². The van der Waals surface area contributed by atoms with E-state index in [1.54, 1.807) is 11.0 Å². The van der Waals surface area contributed by atoms with E-state index < -0.39 is 16.1 Å². The fourth-order valence-electron chi connectivity index (χ4n) is 4.81. The van der Waals surface area contributed by atoms with Crippen molar-refractivity contribution < 1.29 is 18.0 Å². The second-order valence-electron chi connectivity index (χ2n) is 11.0. The molecule has 1 N–H and O–H groups in total. The average molecular weight is 578 g/mol. The number of nitrogens with one attached hydrogen (secondary N) is 1. The number of amides is 2. The summed E-state index contributed by atoms with van der Waals surface area (Å²) < 4.78 is 26.9. The van der Waals surface area contributed by atoms with Crippen LogP contribution in [0.1, 0.15) is 54.5 Å². The van der Waals surface area contributed by atoms with E-state index >= 15 is 0 Å². The quantitative estimate of drug-likeness (QED) is 0.298. The Bertz CT molecular complexity index is 1420. The number of carbonyl (C=O) groups is 2. The Morgan fingerprint density at radius 2 is 1.51 bits per heavy atom. The lowest BCUT2D eigenvalue weighted by atomic mass is 10.0. The van der Waals surface area contributed by atoms with Crippen LogP contribution in [0.2, 0.25) is 0 Å². The minimum absolute atomic E-state index is 0.0852. The highest BCUT2D eigenvalue weighted by Crippen LogP contribution is 2.26. The molecule has 2 amide bonds. The number of hydrogen-bond donors (Lipinski definition) is 1. The van der Waals surface area contributed by atoms with Gasteiger partial charge in [-0.2, -0.15) is 0 Å². The predicted octanol–water partition coefficient (Wildman–Crippen LogP) is 5.32. The normalized spacial score (nSPS) is 12.2. The van der Waals surface area contributed by atoms with Gasteiger partial charge in [-0.15, -0.1) is 0 Å². The van der Waals surface area contributed by atoms with Crippen LogP contribution in [0.5, 0.6) is 0 Å². The number of benzene rings is 3. The van der Waals surface area contributed by atoms with Crippen molar-refractivity contribution in [1.82, 2.24) is 10.2 Å². The van der Waals surface area contributed by atoms with Crippen LogP contribution in [0, 0.1) is 20.8 Å². The number of hydrogen-bond acceptors (Lipinski definition) is 4. The van der Waals surface area contributed by atoms with Gasteiger partial charge in [0.15, 0.2) is 0 Å². The highest BCUT2D eigenvalue weighted by Gasteiger charge is 2.31. The molecule has 0 heterocycles. The smallest absolute Gasteiger partial charge is 0.243 e. The van der Waals surface area contributed by atoms with Gasteiger partial charge in [0.1, 0.15) is 6.04 Å². The molecule has 41 heavy (non-hydrogen) atoms. The van der Waals surface area contributed by atoms with Gasteiger partial charge in [0.05, 0.1) is 11.9 Å². The molecular formula is C33H43N3O4S. The van der Waals surface area contributed by atoms with Gasteiger partial charge in [0.25, 0.3) is 0 Å². The fourth-order valence-corrected chi connectivity index (χ4v) is 5.83. The Morgan fingerprint density at radius 1 is 0.854 bits per heavy atom. The molecule has 7 nitrogen and oxygen atoms in total. The second kappa shape index (κ2) is 14.3. The van der Waals surface area contributed by atoms with Crippen LogP contribution in [0.15, 0.2) is 72.8 Å². The molecule has 0 aliphatic rings. The van der Waals surface area contributed by atoms with Crippen molar-refractivity contribution in [3.05, 3.63) is 101 Å². The molecule has 8 heteroatoms. The van der Waals surface area contributed by atoms with Crippen molar-refractivity contribution in [3.8, 4) is 0 Å². The van der Waals surface area contributed by atoms with Crippen LogP contribution in [0.3, 0.4) is 0 Å². The zero-order valence-corrected chi connectivity index (χ0v) is 25.9. The SMILES string of the molecule is Cc1ccc(CN(C(=O)CCCN(c2cccc(C)c2C)S(C)(=O)=O)[C@@H](Cc2ccccc2)C(=O)NC(C)C)cc1. The molecule has 3 aromatic rings. The Balaban J connectivity index is 1.89. The first-order valence-corrected chi connectivity index (χ1v) is 15.9. The summed E-state index contributed by atoms with van der Waals surface area (Å²) in [7, 11) is -3.57. The Labute approximate surface area is 245 Å². The zero-order valence-electron chi connectivity index (χ0n) is 25.1. The van der Waals surface area contributed by atoms with E-state index in [0.717, 1.165) is 27.8 Å². The maximum atomic E-state index is 13.9. The molecule has 3 rings (SSSR count). The Hall–Kier alpha value is -3.65. The van der Waals surface area contributed by atoms with Gasteiger partial charge in [-0.1, -0.05) is 72.3 Å². The van der Waals surface area contributed by atoms with E-state index in [1.165, 1.54) is 10.6 Å². The molecule has 3 aromatic carbocycles. The van der Waals surface area contributed by atoms with E-state index in [9.17, 15) is 18.0 Å². The minimum Gasteiger partial charge on any atom is -0.352 e. The standard InChI is InChI=1S/C33H43N3O4S/c1-24(2)34-33(38)31(22-28-13-8-7-9-14-28)35(23-29-19-17-25(3)18-20-29)32(37)16-11-21-36(41(6,39)40)30-15-10-12-26(4)27(30)5/h7-10,12-15,17-20,24,31H,11,16,21-23H2,1-6H3,(H,34,38)/t31-/m0/s1. The van der Waals surface area contributed by atoms with Crippen LogP contribution in [-0.2, 0) is 32.6 Å². The van der Waals surface area contributed by atoms with Crippen LogP contribution >= 0.6 is 0 Å². The molecule has 0 aliphatic heterocycles. The van der Waals surface area contributed by atoms with E-state index in [1.807, 2.05) is 101 Å². The fraction of sp³-hybridized carbons (Fsp3) is 0.394. The number of nitrogens with zero attached hydrogens (tertiary/aromatic N) is 2. The monoisotopic (exact) mass is 577 g/mol. The van der Waals surface area contributed by atoms with Crippen molar-refractivity contribution in [2.24, 2.45) is 0 Å². The molecule has 0 radical (unpaired) electrons. The number of aryl methyl sites for hydroxylation is 2. The summed E-state index contributed by atoms with van der Waals surface area (Å²) in [5, 5.41) is 3.00. The molecule has 0 saturated carbocycles. The van der Waals surface area contributed by atoms with Gasteiger partial charge in [-0.3, -0.25) is 13.9 Å². The molecule has 0 unspecified atom stereocenters. The Kier molecular flexibility index (Phi) is 11.1. The first-order chi connectivity index (χ1) is 19.4.